The minimum Gasteiger partial charge on any atom is -0.338 e. The number of likely N-dealkylation sites (tertiary alicyclic amines) is 1. The Morgan fingerprint density at radius 3 is 2.92 bits per heavy atom. The van der Waals surface area contributed by atoms with E-state index in [4.69, 9.17) is 12.2 Å². The highest BCUT2D eigenvalue weighted by Gasteiger charge is 2.22. The molecule has 1 aliphatic rings. The Morgan fingerprint density at radius 2 is 2.21 bits per heavy atom. The number of hydrogen-bond donors (Lipinski definition) is 1. The fraction of sp³-hybridized carbons (Fsp3) is 0.500. The molecule has 2 aromatic rings. The smallest absolute Gasteiger partial charge is 0.262 e. The van der Waals surface area contributed by atoms with Gasteiger partial charge in [-0.25, -0.2) is 0 Å². The third-order valence-corrected chi connectivity index (χ3v) is 4.94. The van der Waals surface area contributed by atoms with E-state index in [-0.39, 0.29) is 11.5 Å². The second-order valence-electron chi connectivity index (χ2n) is 6.65. The van der Waals surface area contributed by atoms with Crippen LogP contribution in [0.3, 0.4) is 0 Å². The summed E-state index contributed by atoms with van der Waals surface area (Å²) in [6.07, 6.45) is 3.06. The van der Waals surface area contributed by atoms with E-state index < -0.39 is 0 Å². The summed E-state index contributed by atoms with van der Waals surface area (Å²) in [6, 6.07) is 5.23. The first-order valence-corrected chi connectivity index (χ1v) is 8.98. The van der Waals surface area contributed by atoms with Crippen LogP contribution in [0.4, 0.5) is 0 Å². The molecule has 5 nitrogen and oxygen atoms in total. The predicted octanol–water partition coefficient (Wildman–Crippen LogP) is 3.34. The fourth-order valence-corrected chi connectivity index (χ4v) is 3.65. The Kier molecular flexibility index (Phi) is 4.85. The zero-order valence-electron chi connectivity index (χ0n) is 14.2. The summed E-state index contributed by atoms with van der Waals surface area (Å²) >= 11 is 5.29. The van der Waals surface area contributed by atoms with Crippen LogP contribution in [0.2, 0.25) is 0 Å². The van der Waals surface area contributed by atoms with Crippen LogP contribution in [-0.2, 0) is 6.54 Å². The van der Waals surface area contributed by atoms with Crippen molar-refractivity contribution in [2.75, 3.05) is 13.1 Å². The highest BCUT2D eigenvalue weighted by molar-refractivity contribution is 7.71. The number of hydrogen-bond acceptors (Lipinski definition) is 3. The molecule has 24 heavy (non-hydrogen) atoms. The van der Waals surface area contributed by atoms with Crippen LogP contribution in [0.25, 0.3) is 10.9 Å². The molecule has 2 heterocycles. The van der Waals surface area contributed by atoms with Crippen molar-refractivity contribution in [1.29, 1.82) is 0 Å². The summed E-state index contributed by atoms with van der Waals surface area (Å²) in [5, 5.41) is 0.570. The lowest BCUT2D eigenvalue weighted by Crippen LogP contribution is -2.39. The lowest BCUT2D eigenvalue weighted by Gasteiger charge is -2.31. The zero-order valence-corrected chi connectivity index (χ0v) is 15.0. The molecule has 0 aliphatic carbocycles. The van der Waals surface area contributed by atoms with E-state index >= 15 is 0 Å². The lowest BCUT2D eigenvalue weighted by atomic mass is 9.99. The van der Waals surface area contributed by atoms with Crippen LogP contribution in [0, 0.1) is 10.7 Å². The van der Waals surface area contributed by atoms with Gasteiger partial charge >= 0.3 is 0 Å². The van der Waals surface area contributed by atoms with E-state index in [9.17, 15) is 9.59 Å². The van der Waals surface area contributed by atoms with Crippen molar-refractivity contribution >= 4 is 29.0 Å². The summed E-state index contributed by atoms with van der Waals surface area (Å²) < 4.78 is 1.98. The van der Waals surface area contributed by atoms with Gasteiger partial charge in [0.2, 0.25) is 0 Å². The first-order chi connectivity index (χ1) is 11.5. The number of nitrogens with zero attached hydrogens (tertiary/aromatic N) is 2. The molecule has 0 radical (unpaired) electrons. The lowest BCUT2D eigenvalue weighted by molar-refractivity contribution is 0.0683. The predicted molar refractivity (Wildman–Crippen MR) is 98.0 cm³/mol. The van der Waals surface area contributed by atoms with Gasteiger partial charge in [-0.3, -0.25) is 14.2 Å². The number of nitrogens with one attached hydrogen (secondary N) is 1. The van der Waals surface area contributed by atoms with Gasteiger partial charge in [-0.1, -0.05) is 13.8 Å². The summed E-state index contributed by atoms with van der Waals surface area (Å²) in [4.78, 5) is 30.3. The van der Waals surface area contributed by atoms with Gasteiger partial charge in [-0.2, -0.15) is 0 Å². The summed E-state index contributed by atoms with van der Waals surface area (Å²) in [6.45, 7) is 6.37. The Morgan fingerprint density at radius 1 is 1.42 bits per heavy atom. The minimum absolute atomic E-state index is 0.0282. The van der Waals surface area contributed by atoms with Crippen molar-refractivity contribution in [2.45, 2.75) is 39.7 Å². The number of rotatable bonds is 3. The Hall–Kier alpha value is -1.95. The average Bonchev–Trinajstić information content (AvgIpc) is 2.57. The largest absolute Gasteiger partial charge is 0.338 e. The number of carbonyl (C=O) groups is 1. The zero-order chi connectivity index (χ0) is 17.3. The Bertz CT molecular complexity index is 884. The van der Waals surface area contributed by atoms with E-state index in [0.717, 1.165) is 25.9 Å². The van der Waals surface area contributed by atoms with E-state index in [1.165, 1.54) is 6.42 Å². The Labute approximate surface area is 146 Å². The first kappa shape index (κ1) is 16.9. The summed E-state index contributed by atoms with van der Waals surface area (Å²) in [5.41, 5.74) is 1.14. The van der Waals surface area contributed by atoms with Crippen molar-refractivity contribution < 1.29 is 4.79 Å². The number of amides is 1. The van der Waals surface area contributed by atoms with Gasteiger partial charge in [0.15, 0.2) is 4.77 Å². The molecule has 1 unspecified atom stereocenters. The van der Waals surface area contributed by atoms with Crippen LogP contribution in [0.5, 0.6) is 0 Å². The van der Waals surface area contributed by atoms with Crippen molar-refractivity contribution in [2.24, 2.45) is 5.92 Å². The molecule has 128 valence electrons. The third kappa shape index (κ3) is 3.15. The SMILES string of the molecule is CCCn1c(=S)[nH]c2cc(C(=O)N3CCCC(C)C3)ccc2c1=O. The molecule has 1 aromatic carbocycles. The molecular formula is C18H23N3O2S. The van der Waals surface area contributed by atoms with Crippen LogP contribution < -0.4 is 5.56 Å². The molecule has 1 fully saturated rings. The number of aromatic amines is 1. The molecule has 1 atom stereocenters. The first-order valence-electron chi connectivity index (χ1n) is 8.57. The molecule has 0 bridgehead atoms. The van der Waals surface area contributed by atoms with Gasteiger partial charge in [0.05, 0.1) is 10.9 Å². The number of fused-ring (bicyclic) bond motifs is 1. The van der Waals surface area contributed by atoms with Crippen LogP contribution >= 0.6 is 12.2 Å². The monoisotopic (exact) mass is 345 g/mol. The minimum atomic E-state index is -0.0961. The van der Waals surface area contributed by atoms with Crippen LogP contribution in [0.15, 0.2) is 23.0 Å². The highest BCUT2D eigenvalue weighted by atomic mass is 32.1. The average molecular weight is 345 g/mol. The fourth-order valence-electron chi connectivity index (χ4n) is 3.37. The van der Waals surface area contributed by atoms with E-state index in [2.05, 4.69) is 11.9 Å². The maximum absolute atomic E-state index is 12.7. The third-order valence-electron chi connectivity index (χ3n) is 4.62. The molecule has 0 saturated carbocycles. The second-order valence-corrected chi connectivity index (χ2v) is 7.03. The second kappa shape index (κ2) is 6.89. The van der Waals surface area contributed by atoms with Gasteiger partial charge in [0.25, 0.3) is 11.5 Å². The molecule has 0 spiro atoms. The Balaban J connectivity index is 2.00. The molecule has 3 rings (SSSR count). The maximum Gasteiger partial charge on any atom is 0.262 e. The number of H-pyrrole nitrogens is 1. The van der Waals surface area contributed by atoms with Crippen molar-refractivity contribution in [3.63, 3.8) is 0 Å². The van der Waals surface area contributed by atoms with Crippen molar-refractivity contribution in [3.8, 4) is 0 Å². The van der Waals surface area contributed by atoms with Gasteiger partial charge < -0.3 is 9.88 Å². The van der Waals surface area contributed by atoms with Crippen LogP contribution in [0.1, 0.15) is 43.5 Å². The molecule has 1 saturated heterocycles. The number of aromatic nitrogens is 2. The van der Waals surface area contributed by atoms with Crippen molar-refractivity contribution in [3.05, 3.63) is 38.9 Å². The number of carbonyl (C=O) groups excluding carboxylic acids is 1. The molecule has 1 N–H and O–H groups in total. The summed E-state index contributed by atoms with van der Waals surface area (Å²) in [7, 11) is 0. The van der Waals surface area contributed by atoms with E-state index in [1.54, 1.807) is 22.8 Å². The quantitative estimate of drug-likeness (QED) is 0.868. The van der Waals surface area contributed by atoms with E-state index in [0.29, 0.717) is 33.7 Å². The molecule has 6 heteroatoms. The van der Waals surface area contributed by atoms with Gasteiger partial charge in [-0.15, -0.1) is 0 Å². The standard InChI is InChI=1S/C18H23N3O2S/c1-3-8-21-17(23)14-7-6-13(10-15(14)19-18(21)24)16(22)20-9-4-5-12(2)11-20/h6-7,10,12H,3-5,8-9,11H2,1-2H3,(H,19,24). The topological polar surface area (TPSA) is 58.1 Å². The van der Waals surface area contributed by atoms with Crippen molar-refractivity contribution in [1.82, 2.24) is 14.5 Å². The highest BCUT2D eigenvalue weighted by Crippen LogP contribution is 2.19. The normalized spacial score (nSPS) is 18.1. The van der Waals surface area contributed by atoms with Gasteiger partial charge in [-0.05, 0) is 55.6 Å². The molecule has 1 aliphatic heterocycles. The van der Waals surface area contributed by atoms with Gasteiger partial charge in [0.1, 0.15) is 0 Å². The number of piperidine rings is 1. The molecule has 1 aromatic heterocycles. The van der Waals surface area contributed by atoms with E-state index in [1.807, 2.05) is 11.8 Å². The molecule has 1 amide bonds. The summed E-state index contributed by atoms with van der Waals surface area (Å²) in [5.74, 6) is 0.565. The maximum atomic E-state index is 12.7. The molecular weight excluding hydrogens is 322 g/mol. The van der Waals surface area contributed by atoms with Gasteiger partial charge in [0, 0.05) is 25.2 Å². The van der Waals surface area contributed by atoms with Crippen LogP contribution in [-0.4, -0.2) is 33.4 Å². The number of benzene rings is 1.